The largest absolute Gasteiger partial charge is 0.468 e. The minimum Gasteiger partial charge on any atom is -0.468 e. The van der Waals surface area contributed by atoms with E-state index >= 15 is 0 Å². The summed E-state index contributed by atoms with van der Waals surface area (Å²) < 4.78 is 9.82. The van der Waals surface area contributed by atoms with Gasteiger partial charge in [-0.05, 0) is 23.3 Å². The first-order chi connectivity index (χ1) is 12.1. The highest BCUT2D eigenvalue weighted by atomic mass is 16.5. The number of nitrogens with zero attached hydrogens (tertiary/aromatic N) is 2. The number of methoxy groups -OCH3 is 2. The molecule has 0 bridgehead atoms. The van der Waals surface area contributed by atoms with Crippen LogP contribution in [0.15, 0.2) is 52.7 Å². The van der Waals surface area contributed by atoms with Crippen LogP contribution in [-0.4, -0.2) is 37.6 Å². The minimum absolute atomic E-state index is 0.0971. The SMILES string of the molecule is COC(=O)C1=NN=C(C)C(C(=O)OC)C1c1cccc2ccccc12. The third-order valence-electron chi connectivity index (χ3n) is 4.40. The van der Waals surface area contributed by atoms with Gasteiger partial charge in [-0.3, -0.25) is 4.79 Å². The zero-order valence-electron chi connectivity index (χ0n) is 14.2. The van der Waals surface area contributed by atoms with Crippen LogP contribution < -0.4 is 0 Å². The van der Waals surface area contributed by atoms with Crippen molar-refractivity contribution in [1.29, 1.82) is 0 Å². The first kappa shape index (κ1) is 16.8. The summed E-state index contributed by atoms with van der Waals surface area (Å²) in [5.41, 5.74) is 1.41. The summed E-state index contributed by atoms with van der Waals surface area (Å²) in [6.45, 7) is 1.71. The van der Waals surface area contributed by atoms with E-state index in [-0.39, 0.29) is 5.71 Å². The lowest BCUT2D eigenvalue weighted by Crippen LogP contribution is -2.39. The van der Waals surface area contributed by atoms with Gasteiger partial charge in [0.2, 0.25) is 0 Å². The molecule has 6 heteroatoms. The van der Waals surface area contributed by atoms with Crippen molar-refractivity contribution >= 4 is 34.1 Å². The second-order valence-corrected chi connectivity index (χ2v) is 5.77. The van der Waals surface area contributed by atoms with Gasteiger partial charge in [-0.2, -0.15) is 5.10 Å². The van der Waals surface area contributed by atoms with Crippen molar-refractivity contribution in [3.63, 3.8) is 0 Å². The number of benzene rings is 2. The van der Waals surface area contributed by atoms with Crippen molar-refractivity contribution in [3.05, 3.63) is 48.0 Å². The molecule has 0 amide bonds. The summed E-state index contributed by atoms with van der Waals surface area (Å²) >= 11 is 0. The molecule has 2 aromatic rings. The second kappa shape index (κ2) is 6.84. The van der Waals surface area contributed by atoms with E-state index in [1.54, 1.807) is 6.92 Å². The number of esters is 2. The van der Waals surface area contributed by atoms with E-state index in [4.69, 9.17) is 9.47 Å². The maximum atomic E-state index is 12.4. The average Bonchev–Trinajstić information content (AvgIpc) is 2.66. The van der Waals surface area contributed by atoms with Gasteiger partial charge in [0.1, 0.15) is 5.92 Å². The third kappa shape index (κ3) is 2.91. The fourth-order valence-corrected chi connectivity index (χ4v) is 3.21. The minimum atomic E-state index is -0.734. The molecule has 2 aromatic carbocycles. The zero-order chi connectivity index (χ0) is 18.0. The Hall–Kier alpha value is -3.02. The zero-order valence-corrected chi connectivity index (χ0v) is 14.2. The molecule has 6 nitrogen and oxygen atoms in total. The molecule has 0 saturated carbocycles. The van der Waals surface area contributed by atoms with Crippen LogP contribution in [-0.2, 0) is 19.1 Å². The predicted octanol–water partition coefficient (Wildman–Crippen LogP) is 2.72. The van der Waals surface area contributed by atoms with Crippen LogP contribution in [0.1, 0.15) is 18.4 Å². The van der Waals surface area contributed by atoms with Gasteiger partial charge in [0.25, 0.3) is 0 Å². The van der Waals surface area contributed by atoms with E-state index < -0.39 is 23.8 Å². The topological polar surface area (TPSA) is 77.3 Å². The van der Waals surface area contributed by atoms with Crippen molar-refractivity contribution < 1.29 is 19.1 Å². The molecule has 1 aliphatic heterocycles. The standard InChI is InChI=1S/C19H18N2O4/c1-11-15(18(22)24-2)16(17(21-20-11)19(23)25-3)14-10-6-8-12-7-4-5-9-13(12)14/h4-10,15-16H,1-3H3. The normalized spacial score (nSPS) is 19.8. The molecule has 1 aliphatic rings. The Morgan fingerprint density at radius 2 is 1.68 bits per heavy atom. The molecule has 0 N–H and O–H groups in total. The molecule has 128 valence electrons. The molecule has 0 radical (unpaired) electrons. The van der Waals surface area contributed by atoms with Gasteiger partial charge in [0.15, 0.2) is 5.71 Å². The van der Waals surface area contributed by atoms with Crippen molar-refractivity contribution in [1.82, 2.24) is 0 Å². The Morgan fingerprint density at radius 1 is 0.960 bits per heavy atom. The maximum absolute atomic E-state index is 12.4. The maximum Gasteiger partial charge on any atom is 0.354 e. The van der Waals surface area contributed by atoms with Gasteiger partial charge in [0.05, 0.1) is 25.8 Å². The molecule has 0 aliphatic carbocycles. The summed E-state index contributed by atoms with van der Waals surface area (Å²) in [6.07, 6.45) is 0. The molecule has 0 fully saturated rings. The molecule has 1 heterocycles. The summed E-state index contributed by atoms with van der Waals surface area (Å²) in [5, 5.41) is 9.97. The molecule has 2 atom stereocenters. The van der Waals surface area contributed by atoms with Gasteiger partial charge < -0.3 is 9.47 Å². The van der Waals surface area contributed by atoms with Crippen LogP contribution in [0.2, 0.25) is 0 Å². The lowest BCUT2D eigenvalue weighted by atomic mass is 9.77. The quantitative estimate of drug-likeness (QED) is 0.806. The van der Waals surface area contributed by atoms with Crippen molar-refractivity contribution in [2.75, 3.05) is 14.2 Å². The van der Waals surface area contributed by atoms with E-state index in [2.05, 4.69) is 10.2 Å². The van der Waals surface area contributed by atoms with Gasteiger partial charge in [-0.1, -0.05) is 42.5 Å². The lowest BCUT2D eigenvalue weighted by molar-refractivity contribution is -0.143. The molecule has 3 rings (SSSR count). The van der Waals surface area contributed by atoms with Gasteiger partial charge in [-0.25, -0.2) is 4.79 Å². The van der Waals surface area contributed by atoms with Crippen LogP contribution >= 0.6 is 0 Å². The van der Waals surface area contributed by atoms with Crippen molar-refractivity contribution in [2.24, 2.45) is 16.1 Å². The van der Waals surface area contributed by atoms with E-state index in [0.29, 0.717) is 5.71 Å². The van der Waals surface area contributed by atoms with E-state index in [1.807, 2.05) is 42.5 Å². The average molecular weight is 338 g/mol. The first-order valence-corrected chi connectivity index (χ1v) is 7.84. The van der Waals surface area contributed by atoms with E-state index in [1.165, 1.54) is 14.2 Å². The summed E-state index contributed by atoms with van der Waals surface area (Å²) in [7, 11) is 2.60. The monoisotopic (exact) mass is 338 g/mol. The molecule has 0 aromatic heterocycles. The molecule has 0 spiro atoms. The molecular weight excluding hydrogens is 320 g/mol. The van der Waals surface area contributed by atoms with Gasteiger partial charge in [0, 0.05) is 0 Å². The lowest BCUT2D eigenvalue weighted by Gasteiger charge is -2.28. The number of fused-ring (bicyclic) bond motifs is 1. The summed E-state index contributed by atoms with van der Waals surface area (Å²) in [4.78, 5) is 24.7. The van der Waals surface area contributed by atoms with Crippen LogP contribution in [0.4, 0.5) is 0 Å². The fourth-order valence-electron chi connectivity index (χ4n) is 3.21. The molecular formula is C19H18N2O4. The second-order valence-electron chi connectivity index (χ2n) is 5.77. The fraction of sp³-hybridized carbons (Fsp3) is 0.263. The third-order valence-corrected chi connectivity index (χ3v) is 4.40. The number of hydrogen-bond donors (Lipinski definition) is 0. The van der Waals surface area contributed by atoms with Gasteiger partial charge in [-0.15, -0.1) is 5.10 Å². The Bertz CT molecular complexity index is 896. The van der Waals surface area contributed by atoms with Crippen LogP contribution in [0.3, 0.4) is 0 Å². The number of carbonyl (C=O) groups excluding carboxylic acids is 2. The highest BCUT2D eigenvalue weighted by molar-refractivity contribution is 6.40. The summed E-state index contributed by atoms with van der Waals surface area (Å²) in [5.74, 6) is -2.43. The smallest absolute Gasteiger partial charge is 0.354 e. The van der Waals surface area contributed by atoms with Crippen LogP contribution in [0, 0.1) is 5.92 Å². The van der Waals surface area contributed by atoms with E-state index in [0.717, 1.165) is 16.3 Å². The number of ether oxygens (including phenoxy) is 2. The van der Waals surface area contributed by atoms with Gasteiger partial charge >= 0.3 is 11.9 Å². The Balaban J connectivity index is 2.25. The highest BCUT2D eigenvalue weighted by Gasteiger charge is 2.42. The molecule has 2 unspecified atom stereocenters. The first-order valence-electron chi connectivity index (χ1n) is 7.84. The predicted molar refractivity (Wildman–Crippen MR) is 94.8 cm³/mol. The highest BCUT2D eigenvalue weighted by Crippen LogP contribution is 2.36. The van der Waals surface area contributed by atoms with Crippen LogP contribution in [0.25, 0.3) is 10.8 Å². The van der Waals surface area contributed by atoms with Crippen molar-refractivity contribution in [3.8, 4) is 0 Å². The van der Waals surface area contributed by atoms with Crippen molar-refractivity contribution in [2.45, 2.75) is 12.8 Å². The Labute approximate surface area is 145 Å². The molecule has 25 heavy (non-hydrogen) atoms. The number of carbonyl (C=O) groups is 2. The van der Waals surface area contributed by atoms with E-state index in [9.17, 15) is 9.59 Å². The Morgan fingerprint density at radius 3 is 2.40 bits per heavy atom. The van der Waals surface area contributed by atoms with Crippen LogP contribution in [0.5, 0.6) is 0 Å². The summed E-state index contributed by atoms with van der Waals surface area (Å²) in [6, 6.07) is 13.5. The number of rotatable bonds is 3. The number of hydrogen-bond acceptors (Lipinski definition) is 6. The Kier molecular flexibility index (Phi) is 4.61. The molecule has 0 saturated heterocycles.